The lowest BCUT2D eigenvalue weighted by Crippen LogP contribution is -2.34. The number of nitrogens with zero attached hydrogens (tertiary/aromatic N) is 4. The molecule has 15 heteroatoms. The van der Waals surface area contributed by atoms with Crippen LogP contribution >= 0.6 is 11.3 Å². The summed E-state index contributed by atoms with van der Waals surface area (Å²) in [6.07, 6.45) is 5.01. The maximum absolute atomic E-state index is 16.8. The van der Waals surface area contributed by atoms with Crippen LogP contribution in [0.4, 0.5) is 29.5 Å². The molecule has 50 heavy (non-hydrogen) atoms. The first-order valence-electron chi connectivity index (χ1n) is 16.2. The highest BCUT2D eigenvalue weighted by Gasteiger charge is 2.35. The molecule has 1 amide bonds. The molecule has 6 rings (SSSR count). The predicted octanol–water partition coefficient (Wildman–Crippen LogP) is 7.78. The number of benzene rings is 2. The first kappa shape index (κ1) is 35.8. The molecule has 266 valence electrons. The van der Waals surface area contributed by atoms with E-state index in [-0.39, 0.29) is 23.0 Å². The van der Waals surface area contributed by atoms with Crippen molar-refractivity contribution in [3.63, 3.8) is 0 Å². The van der Waals surface area contributed by atoms with Crippen LogP contribution in [-0.2, 0) is 19.5 Å². The SMILES string of the molecule is COCN(c1cccc(-c2nc(C3CCN(C4CC4)CC3)sc2-c2ccnc(NC(=O)OC(C)(C)C)c2)c1F)S(=O)(=O)c1cc(F)ccc1F. The molecule has 3 heterocycles. The number of sulfonamides is 1. The summed E-state index contributed by atoms with van der Waals surface area (Å²) in [6.45, 7) is 6.41. The zero-order valence-corrected chi connectivity index (χ0v) is 29.7. The first-order chi connectivity index (χ1) is 23.7. The molecule has 0 bridgehead atoms. The highest BCUT2D eigenvalue weighted by molar-refractivity contribution is 7.92. The van der Waals surface area contributed by atoms with Gasteiger partial charge in [-0.05, 0) is 108 Å². The van der Waals surface area contributed by atoms with Gasteiger partial charge in [0.15, 0.2) is 5.82 Å². The van der Waals surface area contributed by atoms with Gasteiger partial charge in [-0.25, -0.2) is 40.7 Å². The molecule has 2 fully saturated rings. The van der Waals surface area contributed by atoms with Crippen molar-refractivity contribution in [3.05, 3.63) is 77.2 Å². The van der Waals surface area contributed by atoms with Gasteiger partial charge in [-0.15, -0.1) is 11.3 Å². The van der Waals surface area contributed by atoms with Crippen molar-refractivity contribution in [2.75, 3.05) is 36.6 Å². The minimum atomic E-state index is -4.83. The number of ether oxygens (including phenoxy) is 2. The Bertz CT molecular complexity index is 1990. The molecule has 1 saturated carbocycles. The van der Waals surface area contributed by atoms with Crippen LogP contribution in [0.1, 0.15) is 57.4 Å². The fraction of sp³-hybridized carbons (Fsp3) is 0.400. The van der Waals surface area contributed by atoms with E-state index in [1.807, 2.05) is 0 Å². The minimum Gasteiger partial charge on any atom is -0.444 e. The summed E-state index contributed by atoms with van der Waals surface area (Å²) in [5.41, 5.74) is -0.328. The van der Waals surface area contributed by atoms with Gasteiger partial charge in [0, 0.05) is 30.8 Å². The maximum Gasteiger partial charge on any atom is 0.413 e. The number of halogens is 3. The number of likely N-dealkylation sites (tertiary alicyclic amines) is 1. The molecule has 0 radical (unpaired) electrons. The van der Waals surface area contributed by atoms with Crippen molar-refractivity contribution >= 4 is 39.0 Å². The molecular formula is C35H38F3N5O5S2. The number of anilines is 2. The Labute approximate surface area is 293 Å². The highest BCUT2D eigenvalue weighted by Crippen LogP contribution is 2.45. The summed E-state index contributed by atoms with van der Waals surface area (Å²) >= 11 is 1.40. The van der Waals surface area contributed by atoms with Crippen molar-refractivity contribution in [2.24, 2.45) is 0 Å². The molecule has 1 aliphatic carbocycles. The van der Waals surface area contributed by atoms with Crippen molar-refractivity contribution < 1.29 is 35.9 Å². The number of piperidine rings is 1. The van der Waals surface area contributed by atoms with Crippen LogP contribution in [0.2, 0.25) is 0 Å². The number of pyridine rings is 1. The van der Waals surface area contributed by atoms with Crippen molar-refractivity contribution in [2.45, 2.75) is 68.9 Å². The number of rotatable bonds is 10. The molecule has 4 aromatic rings. The fourth-order valence-corrected chi connectivity index (χ4v) is 8.67. The van der Waals surface area contributed by atoms with E-state index < -0.39 is 56.5 Å². The van der Waals surface area contributed by atoms with Crippen LogP contribution in [0.3, 0.4) is 0 Å². The van der Waals surface area contributed by atoms with Gasteiger partial charge in [-0.1, -0.05) is 6.07 Å². The summed E-state index contributed by atoms with van der Waals surface area (Å²) in [5, 5.41) is 3.44. The van der Waals surface area contributed by atoms with Crippen LogP contribution in [0.15, 0.2) is 59.6 Å². The molecule has 1 N–H and O–H groups in total. The number of methoxy groups -OCH3 is 1. The molecule has 2 aromatic heterocycles. The summed E-state index contributed by atoms with van der Waals surface area (Å²) in [4.78, 5) is 23.9. The zero-order valence-electron chi connectivity index (χ0n) is 28.1. The average molecular weight is 730 g/mol. The smallest absolute Gasteiger partial charge is 0.413 e. The molecule has 1 saturated heterocycles. The van der Waals surface area contributed by atoms with Crippen LogP contribution in [0, 0.1) is 17.5 Å². The minimum absolute atomic E-state index is 0.00935. The molecule has 1 aliphatic heterocycles. The molecule has 0 spiro atoms. The van der Waals surface area contributed by atoms with Crippen LogP contribution in [0.5, 0.6) is 0 Å². The van der Waals surface area contributed by atoms with Gasteiger partial charge in [-0.2, -0.15) is 0 Å². The van der Waals surface area contributed by atoms with Gasteiger partial charge in [0.1, 0.15) is 34.7 Å². The Morgan fingerprint density at radius 3 is 2.48 bits per heavy atom. The number of nitrogens with one attached hydrogen (secondary N) is 1. The van der Waals surface area contributed by atoms with Gasteiger partial charge in [-0.3, -0.25) is 5.32 Å². The topological polar surface area (TPSA) is 114 Å². The average Bonchev–Trinajstić information content (AvgIpc) is 3.82. The molecule has 0 unspecified atom stereocenters. The normalized spacial score (nSPS) is 16.0. The monoisotopic (exact) mass is 729 g/mol. The van der Waals surface area contributed by atoms with Gasteiger partial charge in [0.05, 0.1) is 21.3 Å². The molecule has 10 nitrogen and oxygen atoms in total. The van der Waals surface area contributed by atoms with E-state index in [1.165, 1.54) is 55.7 Å². The van der Waals surface area contributed by atoms with E-state index in [0.29, 0.717) is 32.9 Å². The van der Waals surface area contributed by atoms with E-state index in [1.54, 1.807) is 32.9 Å². The van der Waals surface area contributed by atoms with E-state index in [9.17, 15) is 22.0 Å². The van der Waals surface area contributed by atoms with Crippen molar-refractivity contribution in [3.8, 4) is 21.7 Å². The standard InChI is InChI=1S/C35H38F3N5O5S2/c1-35(2,3)48-34(44)40-29-18-22(12-15-39-29)32-31(41-33(49-32)21-13-16-42(17-14-21)24-9-10-24)25-6-5-7-27(30(25)38)43(20-47-4)50(45,46)28-19-23(36)8-11-26(28)37/h5-8,11-12,15,18-19,21,24H,9-10,13-14,16-17,20H2,1-4H3,(H,39,40,44). The van der Waals surface area contributed by atoms with E-state index in [0.717, 1.165) is 37.0 Å². The summed E-state index contributed by atoms with van der Waals surface area (Å²) < 4.78 is 84.1. The third kappa shape index (κ3) is 7.80. The molecule has 2 aromatic carbocycles. The molecular weight excluding hydrogens is 692 g/mol. The third-order valence-electron chi connectivity index (χ3n) is 8.45. The van der Waals surface area contributed by atoms with E-state index in [2.05, 4.69) is 15.2 Å². The van der Waals surface area contributed by atoms with Crippen LogP contribution < -0.4 is 9.62 Å². The number of thiazole rings is 1. The maximum atomic E-state index is 16.8. The summed E-state index contributed by atoms with van der Waals surface area (Å²) in [5.74, 6) is -2.79. The van der Waals surface area contributed by atoms with Crippen LogP contribution in [-0.4, -0.2) is 68.0 Å². The number of aromatic nitrogens is 2. The first-order valence-corrected chi connectivity index (χ1v) is 18.5. The fourth-order valence-electron chi connectivity index (χ4n) is 5.96. The third-order valence-corrected chi connectivity index (χ3v) is 11.5. The second-order valence-corrected chi connectivity index (χ2v) is 16.2. The number of amides is 1. The quantitative estimate of drug-likeness (QED) is 0.165. The number of hydrogen-bond donors (Lipinski definition) is 1. The number of carbonyl (C=O) groups excluding carboxylic acids is 1. The number of carbonyl (C=O) groups is 1. The predicted molar refractivity (Wildman–Crippen MR) is 185 cm³/mol. The second kappa shape index (κ2) is 14.3. The van der Waals surface area contributed by atoms with E-state index >= 15 is 4.39 Å². The molecule has 0 atom stereocenters. The highest BCUT2D eigenvalue weighted by atomic mass is 32.2. The lowest BCUT2D eigenvalue weighted by Gasteiger charge is -2.30. The van der Waals surface area contributed by atoms with Crippen molar-refractivity contribution in [1.82, 2.24) is 14.9 Å². The Balaban J connectivity index is 1.43. The molecule has 2 aliphatic rings. The van der Waals surface area contributed by atoms with Crippen LogP contribution in [0.25, 0.3) is 21.7 Å². The Hall–Kier alpha value is -4.05. The lowest BCUT2D eigenvalue weighted by atomic mass is 9.97. The van der Waals surface area contributed by atoms with Gasteiger partial charge in [0.25, 0.3) is 10.0 Å². The van der Waals surface area contributed by atoms with E-state index in [4.69, 9.17) is 14.5 Å². The van der Waals surface area contributed by atoms with Gasteiger partial charge in [0.2, 0.25) is 0 Å². The zero-order chi connectivity index (χ0) is 35.8. The van der Waals surface area contributed by atoms with Crippen molar-refractivity contribution in [1.29, 1.82) is 0 Å². The van der Waals surface area contributed by atoms with Gasteiger partial charge < -0.3 is 14.4 Å². The summed E-state index contributed by atoms with van der Waals surface area (Å²) in [7, 11) is -3.63. The lowest BCUT2D eigenvalue weighted by molar-refractivity contribution is 0.0635. The Morgan fingerprint density at radius 1 is 1.06 bits per heavy atom. The Kier molecular flexibility index (Phi) is 10.2. The largest absolute Gasteiger partial charge is 0.444 e. The summed E-state index contributed by atoms with van der Waals surface area (Å²) in [6, 6.07) is 10.2. The van der Waals surface area contributed by atoms with Gasteiger partial charge >= 0.3 is 6.09 Å². The second-order valence-electron chi connectivity index (χ2n) is 13.3. The Morgan fingerprint density at radius 2 is 1.80 bits per heavy atom. The number of hydrogen-bond acceptors (Lipinski definition) is 9.